The third-order valence-electron chi connectivity index (χ3n) is 4.79. The lowest BCUT2D eigenvalue weighted by atomic mass is 9.64. The van der Waals surface area contributed by atoms with Crippen LogP contribution in [-0.2, 0) is 10.3 Å². The first-order valence-corrected chi connectivity index (χ1v) is 7.01. The van der Waals surface area contributed by atoms with E-state index in [1.807, 2.05) is 13.8 Å². The zero-order chi connectivity index (χ0) is 14.1. The number of hydrogen-bond acceptors (Lipinski definition) is 3. The second kappa shape index (κ2) is 5.23. The molecule has 0 aliphatic carbocycles. The molecule has 1 unspecified atom stereocenters. The molecule has 0 amide bonds. The van der Waals surface area contributed by atoms with Crippen molar-refractivity contribution in [3.8, 4) is 0 Å². The van der Waals surface area contributed by atoms with Crippen molar-refractivity contribution < 1.29 is 9.84 Å². The van der Waals surface area contributed by atoms with Gasteiger partial charge in [-0.25, -0.2) is 0 Å². The zero-order valence-corrected chi connectivity index (χ0v) is 12.2. The van der Waals surface area contributed by atoms with E-state index in [4.69, 9.17) is 10.5 Å². The first-order chi connectivity index (χ1) is 8.93. The van der Waals surface area contributed by atoms with E-state index in [2.05, 4.69) is 25.1 Å². The molecule has 1 aromatic rings. The third-order valence-corrected chi connectivity index (χ3v) is 4.79. The lowest BCUT2D eigenvalue weighted by Crippen LogP contribution is -2.52. The molecule has 106 valence electrons. The summed E-state index contributed by atoms with van der Waals surface area (Å²) in [5.74, 6) is 0. The highest BCUT2D eigenvalue weighted by atomic mass is 16.5. The molecule has 3 nitrogen and oxygen atoms in total. The van der Waals surface area contributed by atoms with Crippen LogP contribution in [0.5, 0.6) is 0 Å². The van der Waals surface area contributed by atoms with Gasteiger partial charge in [0.15, 0.2) is 0 Å². The third kappa shape index (κ3) is 2.42. The predicted octanol–water partition coefficient (Wildman–Crippen LogP) is 2.27. The van der Waals surface area contributed by atoms with Crippen molar-refractivity contribution in [2.24, 2.45) is 11.1 Å². The molecule has 0 saturated carbocycles. The van der Waals surface area contributed by atoms with Gasteiger partial charge in [-0.15, -0.1) is 0 Å². The van der Waals surface area contributed by atoms with Gasteiger partial charge in [0.05, 0.1) is 5.60 Å². The molecule has 1 saturated heterocycles. The Balaban J connectivity index is 2.47. The van der Waals surface area contributed by atoms with Gasteiger partial charge in [-0.1, -0.05) is 23.8 Å². The summed E-state index contributed by atoms with van der Waals surface area (Å²) in [6.07, 6.45) is 1.62. The molecule has 0 radical (unpaired) electrons. The van der Waals surface area contributed by atoms with E-state index in [1.54, 1.807) is 0 Å². The summed E-state index contributed by atoms with van der Waals surface area (Å²) in [6, 6.07) is 6.24. The van der Waals surface area contributed by atoms with E-state index in [9.17, 15) is 5.11 Å². The molecule has 3 heteroatoms. The number of hydrogen-bond donors (Lipinski definition) is 2. The van der Waals surface area contributed by atoms with Crippen LogP contribution in [0.1, 0.15) is 36.5 Å². The SMILES string of the molecule is Cc1ccc(C)c(C(C)(O)C2(CN)CCOCC2)c1. The zero-order valence-electron chi connectivity index (χ0n) is 12.2. The Hall–Kier alpha value is -0.900. The molecule has 1 heterocycles. The van der Waals surface area contributed by atoms with Crippen molar-refractivity contribution >= 4 is 0 Å². The Morgan fingerprint density at radius 2 is 1.95 bits per heavy atom. The summed E-state index contributed by atoms with van der Waals surface area (Å²) in [6.45, 7) is 7.85. The molecule has 1 aliphatic rings. The van der Waals surface area contributed by atoms with Gasteiger partial charge in [-0.05, 0) is 44.7 Å². The van der Waals surface area contributed by atoms with Crippen LogP contribution in [-0.4, -0.2) is 24.9 Å². The minimum absolute atomic E-state index is 0.288. The number of rotatable bonds is 3. The van der Waals surface area contributed by atoms with Crippen molar-refractivity contribution in [2.45, 2.75) is 39.2 Å². The van der Waals surface area contributed by atoms with E-state index < -0.39 is 5.60 Å². The van der Waals surface area contributed by atoms with Crippen LogP contribution in [0.2, 0.25) is 0 Å². The maximum atomic E-state index is 11.2. The summed E-state index contributed by atoms with van der Waals surface area (Å²) in [5.41, 5.74) is 8.12. The van der Waals surface area contributed by atoms with Gasteiger partial charge in [0, 0.05) is 25.2 Å². The second-order valence-electron chi connectivity index (χ2n) is 5.99. The Morgan fingerprint density at radius 3 is 2.53 bits per heavy atom. The largest absolute Gasteiger partial charge is 0.385 e. The average molecular weight is 263 g/mol. The molecule has 19 heavy (non-hydrogen) atoms. The summed E-state index contributed by atoms with van der Waals surface area (Å²) >= 11 is 0. The number of ether oxygens (including phenoxy) is 1. The van der Waals surface area contributed by atoms with Crippen LogP contribution in [0.25, 0.3) is 0 Å². The Bertz CT molecular complexity index is 448. The number of benzene rings is 1. The fraction of sp³-hybridized carbons (Fsp3) is 0.625. The standard InChI is InChI=1S/C16H25NO2/c1-12-4-5-13(2)14(10-12)15(3,18)16(11-17)6-8-19-9-7-16/h4-5,10,18H,6-9,11,17H2,1-3H3. The van der Waals surface area contributed by atoms with Crippen molar-refractivity contribution in [3.05, 3.63) is 34.9 Å². The molecule has 1 aromatic carbocycles. The Labute approximate surface area is 115 Å². The summed E-state index contributed by atoms with van der Waals surface area (Å²) in [7, 11) is 0. The number of nitrogens with two attached hydrogens (primary N) is 1. The molecule has 1 fully saturated rings. The van der Waals surface area contributed by atoms with Crippen molar-refractivity contribution in [1.29, 1.82) is 0 Å². The van der Waals surface area contributed by atoms with Gasteiger partial charge in [0.1, 0.15) is 0 Å². The van der Waals surface area contributed by atoms with Gasteiger partial charge in [0.2, 0.25) is 0 Å². The molecular weight excluding hydrogens is 238 g/mol. The van der Waals surface area contributed by atoms with Gasteiger partial charge < -0.3 is 15.6 Å². The second-order valence-corrected chi connectivity index (χ2v) is 5.99. The highest BCUT2D eigenvalue weighted by molar-refractivity contribution is 5.36. The fourth-order valence-electron chi connectivity index (χ4n) is 3.20. The van der Waals surface area contributed by atoms with E-state index in [-0.39, 0.29) is 5.41 Å². The maximum Gasteiger partial charge on any atom is 0.0940 e. The van der Waals surface area contributed by atoms with Crippen molar-refractivity contribution in [3.63, 3.8) is 0 Å². The molecule has 1 atom stereocenters. The first-order valence-electron chi connectivity index (χ1n) is 7.01. The molecule has 0 bridgehead atoms. The average Bonchev–Trinajstić information content (AvgIpc) is 2.42. The number of aliphatic hydroxyl groups is 1. The van der Waals surface area contributed by atoms with Crippen LogP contribution < -0.4 is 5.73 Å². The van der Waals surface area contributed by atoms with Crippen LogP contribution in [0, 0.1) is 19.3 Å². The Kier molecular flexibility index (Phi) is 4.00. The lowest BCUT2D eigenvalue weighted by molar-refractivity contribution is -0.124. The minimum atomic E-state index is -0.915. The van der Waals surface area contributed by atoms with Gasteiger partial charge in [-0.2, -0.15) is 0 Å². The highest BCUT2D eigenvalue weighted by Crippen LogP contribution is 2.47. The summed E-state index contributed by atoms with van der Waals surface area (Å²) < 4.78 is 5.44. The van der Waals surface area contributed by atoms with Gasteiger partial charge in [0.25, 0.3) is 0 Å². The summed E-state index contributed by atoms with van der Waals surface area (Å²) in [4.78, 5) is 0. The smallest absolute Gasteiger partial charge is 0.0940 e. The van der Waals surface area contributed by atoms with Crippen LogP contribution >= 0.6 is 0 Å². The van der Waals surface area contributed by atoms with Crippen LogP contribution in [0.15, 0.2) is 18.2 Å². The molecule has 0 aromatic heterocycles. The topological polar surface area (TPSA) is 55.5 Å². The fourth-order valence-corrected chi connectivity index (χ4v) is 3.20. The quantitative estimate of drug-likeness (QED) is 0.879. The first kappa shape index (κ1) is 14.5. The number of aryl methyl sites for hydroxylation is 2. The predicted molar refractivity (Wildman–Crippen MR) is 77.0 cm³/mol. The van der Waals surface area contributed by atoms with Crippen LogP contribution in [0.4, 0.5) is 0 Å². The highest BCUT2D eigenvalue weighted by Gasteiger charge is 2.48. The summed E-state index contributed by atoms with van der Waals surface area (Å²) in [5, 5.41) is 11.2. The van der Waals surface area contributed by atoms with E-state index in [1.165, 1.54) is 5.56 Å². The molecule has 0 spiro atoms. The normalized spacial score (nSPS) is 21.9. The molecule has 1 aliphatic heterocycles. The van der Waals surface area contributed by atoms with E-state index >= 15 is 0 Å². The van der Waals surface area contributed by atoms with E-state index in [0.717, 1.165) is 24.0 Å². The molecular formula is C16H25NO2. The molecule has 2 rings (SSSR count). The van der Waals surface area contributed by atoms with Crippen molar-refractivity contribution in [2.75, 3.05) is 19.8 Å². The lowest BCUT2D eigenvalue weighted by Gasteiger charge is -2.48. The van der Waals surface area contributed by atoms with Gasteiger partial charge >= 0.3 is 0 Å². The van der Waals surface area contributed by atoms with Gasteiger partial charge in [-0.3, -0.25) is 0 Å². The Morgan fingerprint density at radius 1 is 1.32 bits per heavy atom. The maximum absolute atomic E-state index is 11.2. The van der Waals surface area contributed by atoms with Crippen molar-refractivity contribution in [1.82, 2.24) is 0 Å². The minimum Gasteiger partial charge on any atom is -0.385 e. The van der Waals surface area contributed by atoms with E-state index in [0.29, 0.717) is 19.8 Å². The van der Waals surface area contributed by atoms with Crippen LogP contribution in [0.3, 0.4) is 0 Å². The molecule has 3 N–H and O–H groups in total. The monoisotopic (exact) mass is 263 g/mol.